The molecule has 1 heterocycles. The molecular weight excluding hydrogens is 542 g/mol. The van der Waals surface area contributed by atoms with Crippen molar-refractivity contribution in [3.8, 4) is 10.1 Å². The molecule has 0 aliphatic carbocycles. The summed E-state index contributed by atoms with van der Waals surface area (Å²) in [7, 11) is 0. The van der Waals surface area contributed by atoms with E-state index in [1.165, 1.54) is 15.9 Å². The summed E-state index contributed by atoms with van der Waals surface area (Å²) in [6, 6.07) is 36.9. The van der Waals surface area contributed by atoms with E-state index in [9.17, 15) is 0 Å². The Morgan fingerprint density at radius 2 is 1.11 bits per heavy atom. The van der Waals surface area contributed by atoms with Gasteiger partial charge < -0.3 is 0 Å². The van der Waals surface area contributed by atoms with Crippen LogP contribution >= 0.6 is 5.15 Å². The van der Waals surface area contributed by atoms with Crippen molar-refractivity contribution in [2.24, 2.45) is 0 Å². The summed E-state index contributed by atoms with van der Waals surface area (Å²) in [5.74, 6) is 3.37. The third-order valence-corrected chi connectivity index (χ3v) is 17.1. The summed E-state index contributed by atoms with van der Waals surface area (Å²) in [5.41, 5.74) is 0.982. The molecule has 0 atom stereocenters. The van der Waals surface area contributed by atoms with E-state index in [-0.39, 0.29) is 19.2 Å². The standard InChI is InChI=1S/C18H15P.C7H4N.Au/c1-4-10-16(11-5-1)19(17-12-6-2-7-13-17)18-14-8-3-9-15-18;1-2-7-4-3-5-8-6-7;/h1-15H;3-6H;/q;;-1/p+1. The molecule has 4 rings (SSSR count). The first-order valence-electron chi connectivity index (χ1n) is 9.04. The number of benzene rings is 3. The van der Waals surface area contributed by atoms with Crippen molar-refractivity contribution < 1.29 is 19.2 Å². The van der Waals surface area contributed by atoms with Crippen LogP contribution in [0.4, 0.5) is 0 Å². The minimum atomic E-state index is -2.17. The number of aromatic nitrogens is 1. The topological polar surface area (TPSA) is 12.9 Å². The predicted molar refractivity (Wildman–Crippen MR) is 118 cm³/mol. The van der Waals surface area contributed by atoms with Crippen molar-refractivity contribution >= 4 is 21.1 Å². The molecule has 0 saturated heterocycles. The van der Waals surface area contributed by atoms with Crippen molar-refractivity contribution in [1.29, 1.82) is 0 Å². The first-order valence-corrected chi connectivity index (χ1v) is 15.2. The average Bonchev–Trinajstić information content (AvgIpc) is 2.79. The van der Waals surface area contributed by atoms with E-state index in [2.05, 4.69) is 106 Å². The van der Waals surface area contributed by atoms with Gasteiger partial charge in [-0.3, -0.25) is 0 Å². The second kappa shape index (κ2) is 9.16. The molecule has 1 nitrogen and oxygen atoms in total. The molecule has 4 aromatic rings. The summed E-state index contributed by atoms with van der Waals surface area (Å²) in [6.07, 6.45) is 3.63. The molecule has 141 valence electrons. The molecule has 0 bridgehead atoms. The van der Waals surface area contributed by atoms with Crippen molar-refractivity contribution in [2.45, 2.75) is 0 Å². The van der Waals surface area contributed by atoms with Gasteiger partial charge in [0, 0.05) is 0 Å². The van der Waals surface area contributed by atoms with Crippen LogP contribution < -0.4 is 15.9 Å². The van der Waals surface area contributed by atoms with Gasteiger partial charge in [0.05, 0.1) is 0 Å². The Labute approximate surface area is 175 Å². The zero-order valence-corrected chi connectivity index (χ0v) is 18.4. The third-order valence-electron chi connectivity index (χ3n) is 4.44. The van der Waals surface area contributed by atoms with Gasteiger partial charge in [-0.2, -0.15) is 0 Å². The Bertz CT molecular complexity index is 976. The van der Waals surface area contributed by atoms with Crippen LogP contribution in [-0.2, 0) is 19.2 Å². The van der Waals surface area contributed by atoms with Gasteiger partial charge in [-0.1, -0.05) is 0 Å². The summed E-state index contributed by atoms with van der Waals surface area (Å²) in [4.78, 5) is 4.19. The number of hydrogen-bond acceptors (Lipinski definition) is 1. The first-order chi connectivity index (χ1) is 13.9. The Hall–Kier alpha value is -2.46. The molecule has 1 aromatic heterocycles. The Kier molecular flexibility index (Phi) is 6.17. The van der Waals surface area contributed by atoms with Crippen LogP contribution in [0.15, 0.2) is 116 Å². The average molecular weight is 562 g/mol. The molecule has 0 amide bonds. The van der Waals surface area contributed by atoms with Crippen LogP contribution in [0.2, 0.25) is 0 Å². The van der Waals surface area contributed by atoms with E-state index in [4.69, 9.17) is 0 Å². The number of rotatable bonds is 4. The molecular formula is C25H20AuNP. The summed E-state index contributed by atoms with van der Waals surface area (Å²) >= 11 is -0.293. The SMILES string of the molecule is [C](#Cc1cccnc1)[Au][PH](c1ccccc1)(c1ccccc1)c1ccccc1. The van der Waals surface area contributed by atoms with Gasteiger partial charge in [-0.25, -0.2) is 0 Å². The second-order valence-corrected chi connectivity index (χ2v) is 16.3. The van der Waals surface area contributed by atoms with Crippen LogP contribution in [0.3, 0.4) is 0 Å². The zero-order valence-electron chi connectivity index (χ0n) is 15.2. The molecule has 0 aliphatic rings. The maximum absolute atomic E-state index is 4.19. The molecule has 0 N–H and O–H groups in total. The number of hydrogen-bond donors (Lipinski definition) is 0. The summed E-state index contributed by atoms with van der Waals surface area (Å²) in [6.45, 7) is 0. The summed E-state index contributed by atoms with van der Waals surface area (Å²) in [5, 5.41) is 2.10. The molecule has 0 radical (unpaired) electrons. The van der Waals surface area contributed by atoms with Crippen LogP contribution in [0, 0.1) is 10.1 Å². The monoisotopic (exact) mass is 562 g/mol. The van der Waals surface area contributed by atoms with Gasteiger partial charge in [0.15, 0.2) is 0 Å². The third kappa shape index (κ3) is 4.02. The van der Waals surface area contributed by atoms with Gasteiger partial charge in [-0.15, -0.1) is 0 Å². The predicted octanol–water partition coefficient (Wildman–Crippen LogP) is 4.11. The van der Waals surface area contributed by atoms with Crippen LogP contribution in [0.25, 0.3) is 0 Å². The van der Waals surface area contributed by atoms with Crippen LogP contribution in [0.5, 0.6) is 0 Å². The maximum atomic E-state index is 4.19. The molecule has 0 unspecified atom stereocenters. The van der Waals surface area contributed by atoms with Crippen LogP contribution in [0.1, 0.15) is 5.56 Å². The second-order valence-electron chi connectivity index (χ2n) is 6.22. The van der Waals surface area contributed by atoms with Gasteiger partial charge in [0.1, 0.15) is 0 Å². The van der Waals surface area contributed by atoms with E-state index in [0.717, 1.165) is 5.56 Å². The quantitative estimate of drug-likeness (QED) is 0.207. The molecule has 3 heteroatoms. The van der Waals surface area contributed by atoms with E-state index < -0.39 is 5.15 Å². The van der Waals surface area contributed by atoms with Gasteiger partial charge in [0.2, 0.25) is 0 Å². The normalized spacial score (nSPS) is 11.4. The first kappa shape index (κ1) is 18.9. The molecule has 0 spiro atoms. The van der Waals surface area contributed by atoms with Crippen molar-refractivity contribution in [3.63, 3.8) is 0 Å². The fraction of sp³-hybridized carbons (Fsp3) is 0. The summed E-state index contributed by atoms with van der Waals surface area (Å²) < 4.78 is 3.61. The van der Waals surface area contributed by atoms with E-state index in [0.29, 0.717) is 0 Å². The number of nitrogens with zero attached hydrogens (tertiary/aromatic N) is 1. The van der Waals surface area contributed by atoms with E-state index in [1.54, 1.807) is 6.20 Å². The van der Waals surface area contributed by atoms with Gasteiger partial charge >= 0.3 is 176 Å². The van der Waals surface area contributed by atoms with Crippen molar-refractivity contribution in [1.82, 2.24) is 4.98 Å². The van der Waals surface area contributed by atoms with Crippen LogP contribution in [-0.4, -0.2) is 4.98 Å². The van der Waals surface area contributed by atoms with Gasteiger partial charge in [-0.05, 0) is 0 Å². The van der Waals surface area contributed by atoms with E-state index >= 15 is 0 Å². The molecule has 28 heavy (non-hydrogen) atoms. The Morgan fingerprint density at radius 1 is 0.607 bits per heavy atom. The number of pyridine rings is 1. The van der Waals surface area contributed by atoms with Crippen molar-refractivity contribution in [3.05, 3.63) is 121 Å². The van der Waals surface area contributed by atoms with E-state index in [1.807, 2.05) is 18.3 Å². The zero-order chi connectivity index (χ0) is 19.1. The Balaban J connectivity index is 1.90. The fourth-order valence-corrected chi connectivity index (χ4v) is 14.4. The molecule has 0 aliphatic heterocycles. The van der Waals surface area contributed by atoms with Gasteiger partial charge in [0.25, 0.3) is 0 Å². The molecule has 0 fully saturated rings. The fourth-order valence-electron chi connectivity index (χ4n) is 3.15. The molecule has 0 saturated carbocycles. The minimum absolute atomic E-state index is 0.293. The van der Waals surface area contributed by atoms with Crippen molar-refractivity contribution in [2.75, 3.05) is 0 Å². The molecule has 3 aromatic carbocycles. The Morgan fingerprint density at radius 3 is 1.54 bits per heavy atom.